The number of amides is 1. The number of nitrogens with zero attached hydrogens (tertiary/aromatic N) is 3. The largest absolute Gasteiger partial charge is 0.490 e. The lowest BCUT2D eigenvalue weighted by atomic mass is 9.89. The van der Waals surface area contributed by atoms with Crippen LogP contribution in [0.15, 0.2) is 72.8 Å². The average Bonchev–Trinajstić information content (AvgIpc) is 3.04. The van der Waals surface area contributed by atoms with Crippen LogP contribution in [0.5, 0.6) is 17.2 Å². The molecule has 3 aromatic carbocycles. The number of benzene rings is 3. The number of carbonyl (C=O) groups is 2. The van der Waals surface area contributed by atoms with Gasteiger partial charge in [-0.1, -0.05) is 37.8 Å². The van der Waals surface area contributed by atoms with Gasteiger partial charge in [0.25, 0.3) is 11.7 Å². The first-order chi connectivity index (χ1) is 22.4. The van der Waals surface area contributed by atoms with Crippen molar-refractivity contribution < 1.29 is 42.3 Å². The van der Waals surface area contributed by atoms with E-state index < -0.39 is 28.3 Å². The molecule has 13 heteroatoms. The van der Waals surface area contributed by atoms with E-state index in [2.05, 4.69) is 17.0 Å². The number of para-hydroxylation sites is 1. The first-order valence-electron chi connectivity index (χ1n) is 15.4. The van der Waals surface area contributed by atoms with Crippen molar-refractivity contribution >= 4 is 17.6 Å². The SMILES string of the molecule is C.CC(=O)O.O=C(CCN1CCC(c2ccc(Oc3ccccc3)cc2)CC1)N1CCC(Oc2ccc([N+](=O)[O-])c(C(F)(F)F)c2)CC1. The van der Waals surface area contributed by atoms with Crippen molar-refractivity contribution in [2.75, 3.05) is 32.7 Å². The van der Waals surface area contributed by atoms with Gasteiger partial charge in [-0.05, 0) is 73.8 Å². The minimum absolute atomic E-state index is 0. The Morgan fingerprint density at radius 2 is 1.46 bits per heavy atom. The summed E-state index contributed by atoms with van der Waals surface area (Å²) in [5.74, 6) is 1.25. The third-order valence-corrected chi connectivity index (χ3v) is 8.13. The molecule has 1 N–H and O–H groups in total. The van der Waals surface area contributed by atoms with Gasteiger partial charge in [0.1, 0.15) is 28.9 Å². The van der Waals surface area contributed by atoms with Crippen LogP contribution in [-0.4, -0.2) is 70.5 Å². The standard InChI is InChI=1S/C32H34F3N3O5.C2H4O2.CH4/c33-32(34,35)29-22-28(10-11-30(29)38(40)41)43-27-14-20-37(21-15-27)31(39)16-19-36-17-12-24(13-18-36)23-6-8-26(9-7-23)42-25-4-2-1-3-5-25;1-2(3)4;/h1-11,22,24,27H,12-21H2;1H3,(H,3,4);1H4. The highest BCUT2D eigenvalue weighted by atomic mass is 19.4. The summed E-state index contributed by atoms with van der Waals surface area (Å²) < 4.78 is 51.4. The topological polar surface area (TPSA) is 122 Å². The summed E-state index contributed by atoms with van der Waals surface area (Å²) in [6, 6.07) is 20.6. The van der Waals surface area contributed by atoms with Crippen molar-refractivity contribution in [2.45, 2.75) is 64.7 Å². The molecule has 0 unspecified atom stereocenters. The number of rotatable bonds is 9. The molecule has 0 aromatic heterocycles. The van der Waals surface area contributed by atoms with Crippen LogP contribution in [0.4, 0.5) is 18.9 Å². The van der Waals surface area contributed by atoms with E-state index in [-0.39, 0.29) is 25.2 Å². The van der Waals surface area contributed by atoms with Gasteiger partial charge < -0.3 is 24.4 Å². The maximum atomic E-state index is 13.3. The second kappa shape index (κ2) is 17.5. The number of carbonyl (C=O) groups excluding carboxylic acids is 1. The smallest absolute Gasteiger partial charge is 0.423 e. The Hall–Kier alpha value is -4.65. The van der Waals surface area contributed by atoms with E-state index in [1.54, 1.807) is 4.90 Å². The predicted molar refractivity (Wildman–Crippen MR) is 174 cm³/mol. The zero-order chi connectivity index (χ0) is 34.0. The van der Waals surface area contributed by atoms with Gasteiger partial charge in [0.05, 0.1) is 4.92 Å². The Labute approximate surface area is 278 Å². The number of carboxylic acids is 1. The summed E-state index contributed by atoms with van der Waals surface area (Å²) in [5, 5.41) is 18.4. The average molecular weight is 674 g/mol. The Kier molecular flexibility index (Phi) is 13.8. The molecule has 2 aliphatic rings. The van der Waals surface area contributed by atoms with Gasteiger partial charge in [-0.3, -0.25) is 19.7 Å². The van der Waals surface area contributed by atoms with Crippen molar-refractivity contribution in [3.8, 4) is 17.2 Å². The number of piperidine rings is 2. The Bertz CT molecular complexity index is 1480. The van der Waals surface area contributed by atoms with E-state index in [9.17, 15) is 28.1 Å². The van der Waals surface area contributed by atoms with E-state index in [4.69, 9.17) is 19.4 Å². The fourth-order valence-electron chi connectivity index (χ4n) is 5.72. The number of hydrogen-bond donors (Lipinski definition) is 1. The second-order valence-corrected chi connectivity index (χ2v) is 11.5. The van der Waals surface area contributed by atoms with E-state index in [0.717, 1.165) is 50.4 Å². The van der Waals surface area contributed by atoms with E-state index in [1.165, 1.54) is 11.6 Å². The second-order valence-electron chi connectivity index (χ2n) is 11.5. The molecule has 0 aliphatic carbocycles. The van der Waals surface area contributed by atoms with Crippen molar-refractivity contribution in [1.29, 1.82) is 0 Å². The molecule has 2 saturated heterocycles. The van der Waals surface area contributed by atoms with Crippen molar-refractivity contribution in [3.63, 3.8) is 0 Å². The van der Waals surface area contributed by atoms with Crippen LogP contribution in [0.25, 0.3) is 0 Å². The van der Waals surface area contributed by atoms with Gasteiger partial charge in [-0.15, -0.1) is 0 Å². The molecule has 3 aromatic rings. The molecule has 10 nitrogen and oxygen atoms in total. The molecule has 1 amide bonds. The van der Waals surface area contributed by atoms with Crippen LogP contribution in [-0.2, 0) is 15.8 Å². The molecule has 2 aliphatic heterocycles. The highest BCUT2D eigenvalue weighted by molar-refractivity contribution is 5.76. The number of nitro groups is 1. The van der Waals surface area contributed by atoms with Crippen LogP contribution in [0, 0.1) is 10.1 Å². The molecule has 260 valence electrons. The summed E-state index contributed by atoms with van der Waals surface area (Å²) in [6.45, 7) is 4.52. The molecule has 0 spiro atoms. The summed E-state index contributed by atoms with van der Waals surface area (Å²) in [7, 11) is 0. The lowest BCUT2D eigenvalue weighted by molar-refractivity contribution is -0.388. The summed E-state index contributed by atoms with van der Waals surface area (Å²) in [4.78, 5) is 35.9. The first kappa shape index (κ1) is 37.8. The third-order valence-electron chi connectivity index (χ3n) is 8.13. The number of ether oxygens (including phenoxy) is 2. The molecule has 0 bridgehead atoms. The minimum Gasteiger partial charge on any atom is -0.490 e. The van der Waals surface area contributed by atoms with Crippen LogP contribution in [0.2, 0.25) is 0 Å². The van der Waals surface area contributed by atoms with Gasteiger partial charge >= 0.3 is 6.18 Å². The Morgan fingerprint density at radius 1 is 0.896 bits per heavy atom. The van der Waals surface area contributed by atoms with Crippen LogP contribution >= 0.6 is 0 Å². The van der Waals surface area contributed by atoms with Crippen molar-refractivity contribution in [1.82, 2.24) is 9.80 Å². The van der Waals surface area contributed by atoms with Crippen LogP contribution < -0.4 is 9.47 Å². The van der Waals surface area contributed by atoms with Gasteiger partial charge in [0, 0.05) is 51.9 Å². The lowest BCUT2D eigenvalue weighted by Crippen LogP contribution is -2.43. The van der Waals surface area contributed by atoms with Gasteiger partial charge in [-0.2, -0.15) is 13.2 Å². The molecular weight excluding hydrogens is 631 g/mol. The van der Waals surface area contributed by atoms with Crippen molar-refractivity contribution in [3.05, 3.63) is 94.0 Å². The van der Waals surface area contributed by atoms with E-state index in [0.29, 0.717) is 50.9 Å². The molecule has 2 fully saturated rings. The first-order valence-corrected chi connectivity index (χ1v) is 15.4. The zero-order valence-electron chi connectivity index (χ0n) is 26.0. The quantitative estimate of drug-likeness (QED) is 0.181. The number of aliphatic carboxylic acids is 1. The van der Waals surface area contributed by atoms with Gasteiger partial charge in [0.15, 0.2) is 0 Å². The lowest BCUT2D eigenvalue weighted by Gasteiger charge is -2.34. The molecule has 48 heavy (non-hydrogen) atoms. The maximum absolute atomic E-state index is 13.3. The molecule has 2 heterocycles. The summed E-state index contributed by atoms with van der Waals surface area (Å²) in [6.07, 6.45) is -1.82. The Balaban J connectivity index is 0.00000118. The molecule has 0 saturated carbocycles. The minimum atomic E-state index is -4.86. The maximum Gasteiger partial charge on any atom is 0.423 e. The number of alkyl halides is 3. The summed E-state index contributed by atoms with van der Waals surface area (Å²) >= 11 is 0. The molecular formula is C35H42F3N3O7. The highest BCUT2D eigenvalue weighted by Gasteiger charge is 2.39. The molecule has 0 radical (unpaired) electrons. The van der Waals surface area contributed by atoms with E-state index >= 15 is 0 Å². The number of halogens is 3. The normalized spacial score (nSPS) is 15.8. The third kappa shape index (κ3) is 11.3. The number of likely N-dealkylation sites (tertiary alicyclic amines) is 2. The van der Waals surface area contributed by atoms with Crippen LogP contribution in [0.3, 0.4) is 0 Å². The number of carboxylic acid groups (broad SMARTS) is 1. The van der Waals surface area contributed by atoms with E-state index in [1.807, 2.05) is 42.5 Å². The fraction of sp³-hybridized carbons (Fsp3) is 0.429. The monoisotopic (exact) mass is 673 g/mol. The number of nitro benzene ring substituents is 1. The van der Waals surface area contributed by atoms with Gasteiger partial charge in [0.2, 0.25) is 5.91 Å². The van der Waals surface area contributed by atoms with Crippen molar-refractivity contribution in [2.24, 2.45) is 0 Å². The molecule has 0 atom stereocenters. The summed E-state index contributed by atoms with van der Waals surface area (Å²) in [5.41, 5.74) is -1.05. The highest BCUT2D eigenvalue weighted by Crippen LogP contribution is 2.38. The predicted octanol–water partition coefficient (Wildman–Crippen LogP) is 7.77. The zero-order valence-corrected chi connectivity index (χ0v) is 26.0. The Morgan fingerprint density at radius 3 is 2.02 bits per heavy atom. The number of hydrogen-bond acceptors (Lipinski definition) is 7. The van der Waals surface area contributed by atoms with Crippen LogP contribution in [0.1, 0.15) is 63.5 Å². The molecule has 5 rings (SSSR count). The fourth-order valence-corrected chi connectivity index (χ4v) is 5.72. The van der Waals surface area contributed by atoms with Gasteiger partial charge in [-0.25, -0.2) is 0 Å².